The zero-order valence-corrected chi connectivity index (χ0v) is 18.2. The molecule has 160 valence electrons. The average Bonchev–Trinajstić information content (AvgIpc) is 3.23. The quantitative estimate of drug-likeness (QED) is 0.485. The van der Waals surface area contributed by atoms with E-state index in [1.165, 1.54) is 27.7 Å². The number of amides is 1. The van der Waals surface area contributed by atoms with Gasteiger partial charge in [-0.25, -0.2) is 0 Å². The highest BCUT2D eigenvalue weighted by Gasteiger charge is 2.49. The summed E-state index contributed by atoms with van der Waals surface area (Å²) in [4.78, 5) is 19.2. The number of likely N-dealkylation sites (tertiary alicyclic amines) is 1. The van der Waals surface area contributed by atoms with Gasteiger partial charge in [-0.2, -0.15) is 0 Å². The summed E-state index contributed by atoms with van der Waals surface area (Å²) in [5.74, 6) is 1.01. The lowest BCUT2D eigenvalue weighted by molar-refractivity contribution is 0.0511. The molecule has 2 atom stereocenters. The third kappa shape index (κ3) is 2.79. The minimum atomic E-state index is -0.139. The van der Waals surface area contributed by atoms with Crippen molar-refractivity contribution >= 4 is 16.8 Å². The first-order valence-electron chi connectivity index (χ1n) is 11.3. The fraction of sp³-hybridized carbons (Fsp3) is 0.250. The molecule has 0 saturated carbocycles. The summed E-state index contributed by atoms with van der Waals surface area (Å²) in [5, 5.41) is 1.30. The lowest BCUT2D eigenvalue weighted by atomic mass is 9.61. The van der Waals surface area contributed by atoms with Crippen molar-refractivity contribution in [3.05, 3.63) is 101 Å². The monoisotopic (exact) mass is 422 g/mol. The zero-order valence-electron chi connectivity index (χ0n) is 18.2. The number of aromatic amines is 1. The maximum Gasteiger partial charge on any atom is 0.254 e. The second-order valence-corrected chi connectivity index (χ2v) is 9.01. The molecule has 3 aromatic carbocycles. The number of methoxy groups -OCH3 is 1. The summed E-state index contributed by atoms with van der Waals surface area (Å²) in [6.07, 6.45) is 2.67. The highest BCUT2D eigenvalue weighted by molar-refractivity contribution is 5.95. The molecule has 1 aromatic heterocycles. The molecule has 4 aromatic rings. The molecular formula is C28H26N2O2. The Balaban J connectivity index is 1.51. The van der Waals surface area contributed by atoms with Crippen LogP contribution >= 0.6 is 0 Å². The molecule has 6 rings (SSSR count). The van der Waals surface area contributed by atoms with Crippen molar-refractivity contribution in [2.24, 2.45) is 0 Å². The first-order chi connectivity index (χ1) is 15.7. The smallest absolute Gasteiger partial charge is 0.254 e. The van der Waals surface area contributed by atoms with E-state index in [1.54, 1.807) is 7.11 Å². The van der Waals surface area contributed by atoms with Crippen molar-refractivity contribution in [3.63, 3.8) is 0 Å². The van der Waals surface area contributed by atoms with Crippen molar-refractivity contribution in [1.29, 1.82) is 0 Å². The Morgan fingerprint density at radius 1 is 1.03 bits per heavy atom. The molecule has 1 fully saturated rings. The van der Waals surface area contributed by atoms with Crippen LogP contribution in [0.2, 0.25) is 0 Å². The lowest BCUT2D eigenvalue weighted by Crippen LogP contribution is -2.55. The van der Waals surface area contributed by atoms with Gasteiger partial charge in [0, 0.05) is 46.6 Å². The van der Waals surface area contributed by atoms with Crippen LogP contribution in [-0.4, -0.2) is 35.5 Å². The van der Waals surface area contributed by atoms with Crippen LogP contribution in [-0.2, 0) is 11.8 Å². The van der Waals surface area contributed by atoms with Crippen LogP contribution in [0.3, 0.4) is 0 Å². The second kappa shape index (κ2) is 7.27. The van der Waals surface area contributed by atoms with Gasteiger partial charge in [0.25, 0.3) is 5.91 Å². The number of fused-ring (bicyclic) bond motifs is 6. The highest BCUT2D eigenvalue weighted by atomic mass is 16.5. The van der Waals surface area contributed by atoms with Crippen molar-refractivity contribution in [3.8, 4) is 5.75 Å². The van der Waals surface area contributed by atoms with Crippen molar-refractivity contribution in [2.75, 3.05) is 13.7 Å². The van der Waals surface area contributed by atoms with Gasteiger partial charge in [0.1, 0.15) is 5.75 Å². The fourth-order valence-electron chi connectivity index (χ4n) is 5.99. The van der Waals surface area contributed by atoms with E-state index < -0.39 is 0 Å². The van der Waals surface area contributed by atoms with Gasteiger partial charge in [0.05, 0.1) is 7.11 Å². The van der Waals surface area contributed by atoms with Gasteiger partial charge in [-0.1, -0.05) is 48.5 Å². The molecule has 1 aliphatic heterocycles. The number of rotatable bonds is 3. The number of aromatic nitrogens is 1. The van der Waals surface area contributed by atoms with Gasteiger partial charge in [-0.15, -0.1) is 0 Å². The van der Waals surface area contributed by atoms with Gasteiger partial charge in [-0.3, -0.25) is 4.79 Å². The van der Waals surface area contributed by atoms with Gasteiger partial charge in [0.2, 0.25) is 0 Å². The van der Waals surface area contributed by atoms with E-state index in [4.69, 9.17) is 4.74 Å². The topological polar surface area (TPSA) is 45.3 Å². The van der Waals surface area contributed by atoms with Crippen molar-refractivity contribution < 1.29 is 9.53 Å². The van der Waals surface area contributed by atoms with Crippen LogP contribution < -0.4 is 4.74 Å². The molecule has 2 heterocycles. The van der Waals surface area contributed by atoms with E-state index in [0.717, 1.165) is 37.1 Å². The Morgan fingerprint density at radius 2 is 1.84 bits per heavy atom. The summed E-state index contributed by atoms with van der Waals surface area (Å²) in [5.41, 5.74) is 5.75. The normalized spacial score (nSPS) is 21.9. The number of hydrogen-bond donors (Lipinski definition) is 1. The molecule has 32 heavy (non-hydrogen) atoms. The Bertz CT molecular complexity index is 1310. The number of ether oxygens (including phenoxy) is 1. The first kappa shape index (κ1) is 19.2. The number of benzene rings is 3. The second-order valence-electron chi connectivity index (χ2n) is 9.01. The molecule has 1 saturated heterocycles. The Morgan fingerprint density at radius 3 is 2.69 bits per heavy atom. The fourth-order valence-corrected chi connectivity index (χ4v) is 5.99. The van der Waals surface area contributed by atoms with Crippen LogP contribution in [0.25, 0.3) is 10.9 Å². The molecule has 0 radical (unpaired) electrons. The number of H-pyrrole nitrogens is 1. The van der Waals surface area contributed by atoms with Crippen LogP contribution in [0.5, 0.6) is 5.75 Å². The Kier molecular flexibility index (Phi) is 4.35. The third-order valence-corrected chi connectivity index (χ3v) is 7.41. The van der Waals surface area contributed by atoms with Crippen LogP contribution in [0.1, 0.15) is 40.0 Å². The number of para-hydroxylation sites is 1. The van der Waals surface area contributed by atoms with E-state index in [9.17, 15) is 4.79 Å². The van der Waals surface area contributed by atoms with E-state index in [2.05, 4.69) is 52.3 Å². The molecule has 1 aliphatic carbocycles. The number of hydrogen-bond acceptors (Lipinski definition) is 2. The van der Waals surface area contributed by atoms with Crippen LogP contribution in [0.4, 0.5) is 0 Å². The Hall–Kier alpha value is -3.53. The first-order valence-corrected chi connectivity index (χ1v) is 11.3. The Labute approximate surface area is 187 Å². The SMILES string of the molecule is COc1cccc([C@]23CCN(C(=O)c4ccccc4)[C@H](Cc4[nH]c5ccccc5c42)C3)c1. The van der Waals surface area contributed by atoms with E-state index in [1.807, 2.05) is 36.4 Å². The molecular weight excluding hydrogens is 396 g/mol. The minimum absolute atomic E-state index is 0.134. The summed E-state index contributed by atoms with van der Waals surface area (Å²) in [7, 11) is 1.72. The number of piperidine rings is 1. The standard InChI is InChI=1S/C28H26N2O2/c1-32-22-11-7-10-20(16-22)28-14-15-30(27(31)19-8-3-2-4-9-19)21(18-28)17-25-26(28)23-12-5-6-13-24(23)29-25/h2-13,16,21,29H,14-15,17-18H2,1H3/t21-,28-/m1/s1. The van der Waals surface area contributed by atoms with E-state index >= 15 is 0 Å². The number of nitrogens with one attached hydrogen (secondary N) is 1. The van der Waals surface area contributed by atoms with Crippen LogP contribution in [0.15, 0.2) is 78.9 Å². The van der Waals surface area contributed by atoms with Gasteiger partial charge < -0.3 is 14.6 Å². The highest BCUT2D eigenvalue weighted by Crippen LogP contribution is 2.52. The van der Waals surface area contributed by atoms with Crippen LogP contribution in [0, 0.1) is 0 Å². The molecule has 2 bridgehead atoms. The molecule has 2 aliphatic rings. The molecule has 0 unspecified atom stereocenters. The lowest BCUT2D eigenvalue weighted by Gasteiger charge is -2.51. The summed E-state index contributed by atoms with van der Waals surface area (Å²) >= 11 is 0. The number of nitrogens with zero attached hydrogens (tertiary/aromatic N) is 1. The average molecular weight is 423 g/mol. The molecule has 0 spiro atoms. The molecule has 4 heteroatoms. The molecule has 1 amide bonds. The minimum Gasteiger partial charge on any atom is -0.497 e. The van der Waals surface area contributed by atoms with Gasteiger partial charge >= 0.3 is 0 Å². The van der Waals surface area contributed by atoms with Crippen molar-refractivity contribution in [2.45, 2.75) is 30.7 Å². The van der Waals surface area contributed by atoms with Gasteiger partial charge in [0.15, 0.2) is 0 Å². The van der Waals surface area contributed by atoms with E-state index in [0.29, 0.717) is 0 Å². The van der Waals surface area contributed by atoms with Crippen molar-refractivity contribution in [1.82, 2.24) is 9.88 Å². The summed E-state index contributed by atoms with van der Waals surface area (Å²) in [6.45, 7) is 0.745. The summed E-state index contributed by atoms with van der Waals surface area (Å²) < 4.78 is 5.58. The third-order valence-electron chi connectivity index (χ3n) is 7.41. The number of carbonyl (C=O) groups is 1. The summed E-state index contributed by atoms with van der Waals surface area (Å²) in [6, 6.07) is 26.9. The van der Waals surface area contributed by atoms with Gasteiger partial charge in [-0.05, 0) is 54.3 Å². The predicted molar refractivity (Wildman–Crippen MR) is 126 cm³/mol. The van der Waals surface area contributed by atoms with E-state index in [-0.39, 0.29) is 17.4 Å². The predicted octanol–water partition coefficient (Wildman–Crippen LogP) is 5.32. The molecule has 1 N–H and O–H groups in total. The zero-order chi connectivity index (χ0) is 21.7. The largest absolute Gasteiger partial charge is 0.497 e. The molecule has 4 nitrogen and oxygen atoms in total. The number of carbonyl (C=O) groups excluding carboxylic acids is 1. The maximum absolute atomic E-state index is 13.4. The maximum atomic E-state index is 13.4.